The van der Waals surface area contributed by atoms with Crippen LogP contribution in [0.4, 0.5) is 0 Å². The van der Waals surface area contributed by atoms with E-state index in [1.165, 1.54) is 43.2 Å². The van der Waals surface area contributed by atoms with Gasteiger partial charge in [0.15, 0.2) is 0 Å². The summed E-state index contributed by atoms with van der Waals surface area (Å²) in [5.41, 5.74) is 2.93. The van der Waals surface area contributed by atoms with Crippen molar-refractivity contribution in [1.29, 1.82) is 0 Å². The number of rotatable bonds is 7. The van der Waals surface area contributed by atoms with Gasteiger partial charge in [-0.15, -0.1) is 0 Å². The molecule has 0 saturated heterocycles. The maximum absolute atomic E-state index is 6.00. The van der Waals surface area contributed by atoms with Gasteiger partial charge in [-0.05, 0) is 62.1 Å². The van der Waals surface area contributed by atoms with Crippen LogP contribution in [0.25, 0.3) is 0 Å². The van der Waals surface area contributed by atoms with Gasteiger partial charge in [-0.1, -0.05) is 31.2 Å². The molecule has 2 atom stereocenters. The molecule has 2 aliphatic rings. The number of nitrogens with one attached hydrogen (secondary N) is 1. The molecule has 0 spiro atoms. The third-order valence-electron chi connectivity index (χ3n) is 4.73. The summed E-state index contributed by atoms with van der Waals surface area (Å²) in [4.78, 5) is 0. The first-order chi connectivity index (χ1) is 9.88. The van der Waals surface area contributed by atoms with Crippen molar-refractivity contribution in [2.24, 2.45) is 5.92 Å². The summed E-state index contributed by atoms with van der Waals surface area (Å²) in [6.45, 7) is 4.21. The fourth-order valence-corrected chi connectivity index (χ4v) is 3.50. The molecule has 0 radical (unpaired) electrons. The van der Waals surface area contributed by atoms with E-state index in [1.54, 1.807) is 0 Å². The minimum Gasteiger partial charge on any atom is -0.373 e. The minimum absolute atomic E-state index is 0.335. The SMILES string of the molecule is CCNC(CCCC1OCCc2ccccc21)C1CC1. The normalized spacial score (nSPS) is 23.4. The average Bonchev–Trinajstić information content (AvgIpc) is 3.31. The summed E-state index contributed by atoms with van der Waals surface area (Å²) in [7, 11) is 0. The highest BCUT2D eigenvalue weighted by molar-refractivity contribution is 5.30. The van der Waals surface area contributed by atoms with Crippen molar-refractivity contribution in [3.05, 3.63) is 35.4 Å². The van der Waals surface area contributed by atoms with E-state index in [-0.39, 0.29) is 0 Å². The molecule has 1 aliphatic carbocycles. The number of benzene rings is 1. The molecular weight excluding hydrogens is 246 g/mol. The zero-order valence-electron chi connectivity index (χ0n) is 12.6. The van der Waals surface area contributed by atoms with Crippen molar-refractivity contribution in [3.8, 4) is 0 Å². The zero-order valence-corrected chi connectivity index (χ0v) is 12.6. The first-order valence-corrected chi connectivity index (χ1v) is 8.31. The van der Waals surface area contributed by atoms with Gasteiger partial charge in [0.2, 0.25) is 0 Å². The Hall–Kier alpha value is -0.860. The summed E-state index contributed by atoms with van der Waals surface area (Å²) in [5, 5.41) is 3.66. The highest BCUT2D eigenvalue weighted by atomic mass is 16.5. The lowest BCUT2D eigenvalue weighted by Crippen LogP contribution is -2.31. The van der Waals surface area contributed by atoms with Crippen molar-refractivity contribution in [1.82, 2.24) is 5.32 Å². The Kier molecular flexibility index (Phi) is 4.74. The summed E-state index contributed by atoms with van der Waals surface area (Å²) < 4.78 is 6.00. The van der Waals surface area contributed by atoms with Gasteiger partial charge in [0.1, 0.15) is 0 Å². The molecule has 1 saturated carbocycles. The molecule has 1 aromatic carbocycles. The Labute approximate surface area is 122 Å². The monoisotopic (exact) mass is 273 g/mol. The van der Waals surface area contributed by atoms with Crippen LogP contribution in [0, 0.1) is 5.92 Å². The second kappa shape index (κ2) is 6.73. The predicted octanol–water partition coefficient (Wildman–Crippen LogP) is 3.86. The molecule has 2 nitrogen and oxygen atoms in total. The van der Waals surface area contributed by atoms with Gasteiger partial charge in [0.05, 0.1) is 12.7 Å². The largest absolute Gasteiger partial charge is 0.373 e. The Morgan fingerprint density at radius 2 is 2.15 bits per heavy atom. The number of hydrogen-bond acceptors (Lipinski definition) is 2. The summed E-state index contributed by atoms with van der Waals surface area (Å²) in [6.07, 6.45) is 8.02. The van der Waals surface area contributed by atoms with E-state index < -0.39 is 0 Å². The quantitative estimate of drug-likeness (QED) is 0.814. The standard InChI is InChI=1S/C18H27NO/c1-2-19-17(15-10-11-15)8-5-9-18-16-7-4-3-6-14(16)12-13-20-18/h3-4,6-7,15,17-19H,2,5,8-13H2,1H3. The van der Waals surface area contributed by atoms with Gasteiger partial charge in [-0.25, -0.2) is 0 Å². The number of hydrogen-bond donors (Lipinski definition) is 1. The Bertz CT molecular complexity index is 427. The topological polar surface area (TPSA) is 21.3 Å². The summed E-state index contributed by atoms with van der Waals surface area (Å²) in [6, 6.07) is 9.55. The Morgan fingerprint density at radius 3 is 2.95 bits per heavy atom. The molecule has 1 aromatic rings. The van der Waals surface area contributed by atoms with Gasteiger partial charge in [-0.2, -0.15) is 0 Å². The van der Waals surface area contributed by atoms with Gasteiger partial charge in [0, 0.05) is 6.04 Å². The molecule has 1 aliphatic heterocycles. The van der Waals surface area contributed by atoms with E-state index in [0.717, 1.165) is 31.5 Å². The van der Waals surface area contributed by atoms with Crippen LogP contribution in [0.2, 0.25) is 0 Å². The van der Waals surface area contributed by atoms with Gasteiger partial charge >= 0.3 is 0 Å². The van der Waals surface area contributed by atoms with Crippen molar-refractivity contribution in [3.63, 3.8) is 0 Å². The molecule has 2 unspecified atom stereocenters. The molecule has 2 heteroatoms. The van der Waals surface area contributed by atoms with Crippen molar-refractivity contribution < 1.29 is 4.74 Å². The van der Waals surface area contributed by atoms with Crippen LogP contribution in [-0.4, -0.2) is 19.2 Å². The van der Waals surface area contributed by atoms with Crippen LogP contribution in [0.5, 0.6) is 0 Å². The van der Waals surface area contributed by atoms with Crippen LogP contribution in [0.3, 0.4) is 0 Å². The lowest BCUT2D eigenvalue weighted by molar-refractivity contribution is 0.0343. The van der Waals surface area contributed by atoms with E-state index in [4.69, 9.17) is 4.74 Å². The summed E-state index contributed by atoms with van der Waals surface area (Å²) >= 11 is 0. The minimum atomic E-state index is 0.335. The molecule has 0 amide bonds. The summed E-state index contributed by atoms with van der Waals surface area (Å²) in [5.74, 6) is 0.953. The van der Waals surface area contributed by atoms with E-state index >= 15 is 0 Å². The zero-order chi connectivity index (χ0) is 13.8. The molecule has 0 aromatic heterocycles. The maximum atomic E-state index is 6.00. The third-order valence-corrected chi connectivity index (χ3v) is 4.73. The van der Waals surface area contributed by atoms with Crippen LogP contribution in [0.15, 0.2) is 24.3 Å². The molecule has 1 N–H and O–H groups in total. The fourth-order valence-electron chi connectivity index (χ4n) is 3.50. The van der Waals surface area contributed by atoms with Crippen molar-refractivity contribution in [2.45, 2.75) is 57.6 Å². The van der Waals surface area contributed by atoms with E-state index in [9.17, 15) is 0 Å². The second-order valence-corrected chi connectivity index (χ2v) is 6.24. The Balaban J connectivity index is 1.51. The fraction of sp³-hybridized carbons (Fsp3) is 0.667. The number of fused-ring (bicyclic) bond motifs is 1. The third kappa shape index (κ3) is 3.42. The van der Waals surface area contributed by atoms with E-state index in [0.29, 0.717) is 6.10 Å². The number of ether oxygens (including phenoxy) is 1. The molecule has 3 rings (SSSR count). The smallest absolute Gasteiger partial charge is 0.0827 e. The molecule has 1 fully saturated rings. The molecular formula is C18H27NO. The van der Waals surface area contributed by atoms with E-state index in [2.05, 4.69) is 36.5 Å². The molecule has 0 bridgehead atoms. The average molecular weight is 273 g/mol. The lowest BCUT2D eigenvalue weighted by atomic mass is 9.93. The van der Waals surface area contributed by atoms with Crippen LogP contribution >= 0.6 is 0 Å². The highest BCUT2D eigenvalue weighted by Gasteiger charge is 2.30. The molecule has 1 heterocycles. The van der Waals surface area contributed by atoms with Gasteiger partial charge in [-0.3, -0.25) is 0 Å². The first-order valence-electron chi connectivity index (χ1n) is 8.31. The first kappa shape index (κ1) is 14.1. The van der Waals surface area contributed by atoms with Crippen LogP contribution in [-0.2, 0) is 11.2 Å². The van der Waals surface area contributed by atoms with Gasteiger partial charge in [0.25, 0.3) is 0 Å². The predicted molar refractivity (Wildman–Crippen MR) is 82.9 cm³/mol. The van der Waals surface area contributed by atoms with Crippen LogP contribution in [0.1, 0.15) is 56.3 Å². The van der Waals surface area contributed by atoms with Crippen molar-refractivity contribution >= 4 is 0 Å². The van der Waals surface area contributed by atoms with Crippen molar-refractivity contribution in [2.75, 3.05) is 13.2 Å². The second-order valence-electron chi connectivity index (χ2n) is 6.24. The van der Waals surface area contributed by atoms with E-state index in [1.807, 2.05) is 0 Å². The maximum Gasteiger partial charge on any atom is 0.0827 e. The van der Waals surface area contributed by atoms with Gasteiger partial charge < -0.3 is 10.1 Å². The van der Waals surface area contributed by atoms with Crippen LogP contribution < -0.4 is 5.32 Å². The molecule has 110 valence electrons. The molecule has 20 heavy (non-hydrogen) atoms. The lowest BCUT2D eigenvalue weighted by Gasteiger charge is -2.27. The highest BCUT2D eigenvalue weighted by Crippen LogP contribution is 2.36. The Morgan fingerprint density at radius 1 is 1.30 bits per heavy atom.